The fourth-order valence-corrected chi connectivity index (χ4v) is 4.63. The minimum atomic E-state index is -4.51. The van der Waals surface area contributed by atoms with E-state index in [-0.39, 0.29) is 12.0 Å². The molecule has 0 radical (unpaired) electrons. The lowest BCUT2D eigenvalue weighted by Crippen LogP contribution is -2.32. The van der Waals surface area contributed by atoms with Crippen LogP contribution in [-0.2, 0) is 23.9 Å². The number of hydrogen-bond acceptors (Lipinski definition) is 3. The Labute approximate surface area is 206 Å². The van der Waals surface area contributed by atoms with Crippen molar-refractivity contribution in [2.24, 2.45) is 0 Å². The molecule has 8 heteroatoms. The van der Waals surface area contributed by atoms with Crippen LogP contribution in [0.4, 0.5) is 13.2 Å². The van der Waals surface area contributed by atoms with Gasteiger partial charge in [-0.3, -0.25) is 9.69 Å². The highest BCUT2D eigenvalue weighted by Crippen LogP contribution is 2.39. The molecule has 184 valence electrons. The molecule has 0 aliphatic carbocycles. The SMILES string of the molecule is O=C(O)CCN1CCc2ccc(-n3cnc(-c4ccc(-c5ccccc5)c(C(F)(F)F)c4)c3)cc2C1. The Morgan fingerprint density at radius 2 is 1.78 bits per heavy atom. The molecule has 5 nitrogen and oxygen atoms in total. The number of carboxylic acids is 1. The van der Waals surface area contributed by atoms with Gasteiger partial charge in [0.05, 0.1) is 24.0 Å². The average Bonchev–Trinajstić information content (AvgIpc) is 3.37. The minimum absolute atomic E-state index is 0.100. The number of aliphatic carboxylic acids is 1. The molecule has 0 atom stereocenters. The molecule has 0 saturated carbocycles. The maximum atomic E-state index is 13.9. The molecule has 1 aromatic heterocycles. The normalized spacial score (nSPS) is 14.0. The predicted molar refractivity (Wildman–Crippen MR) is 131 cm³/mol. The second-order valence-electron chi connectivity index (χ2n) is 8.91. The van der Waals surface area contributed by atoms with Crippen molar-refractivity contribution >= 4 is 5.97 Å². The molecule has 0 unspecified atom stereocenters. The monoisotopic (exact) mass is 491 g/mol. The van der Waals surface area contributed by atoms with E-state index >= 15 is 0 Å². The number of aromatic nitrogens is 2. The third-order valence-electron chi connectivity index (χ3n) is 6.51. The molecule has 0 saturated heterocycles. The molecule has 3 aromatic carbocycles. The molecule has 1 aliphatic heterocycles. The highest BCUT2D eigenvalue weighted by Gasteiger charge is 2.34. The predicted octanol–water partition coefficient (Wildman–Crippen LogP) is 6.06. The Balaban J connectivity index is 1.43. The van der Waals surface area contributed by atoms with Crippen LogP contribution in [0.25, 0.3) is 28.1 Å². The van der Waals surface area contributed by atoms with Gasteiger partial charge in [0.1, 0.15) is 0 Å². The zero-order valence-corrected chi connectivity index (χ0v) is 19.4. The van der Waals surface area contributed by atoms with Crippen LogP contribution in [0, 0.1) is 0 Å². The lowest BCUT2D eigenvalue weighted by Gasteiger charge is -2.28. The maximum Gasteiger partial charge on any atom is 0.417 e. The lowest BCUT2D eigenvalue weighted by atomic mass is 9.96. The summed E-state index contributed by atoms with van der Waals surface area (Å²) in [6.07, 6.45) is -0.235. The Morgan fingerprint density at radius 3 is 2.53 bits per heavy atom. The van der Waals surface area contributed by atoms with Crippen LogP contribution in [0.15, 0.2) is 79.3 Å². The highest BCUT2D eigenvalue weighted by atomic mass is 19.4. The van der Waals surface area contributed by atoms with Crippen molar-refractivity contribution in [3.8, 4) is 28.1 Å². The molecule has 36 heavy (non-hydrogen) atoms. The summed E-state index contributed by atoms with van der Waals surface area (Å²) in [5, 5.41) is 8.96. The first-order valence-electron chi connectivity index (χ1n) is 11.7. The van der Waals surface area contributed by atoms with E-state index in [4.69, 9.17) is 5.11 Å². The topological polar surface area (TPSA) is 58.4 Å². The van der Waals surface area contributed by atoms with Crippen molar-refractivity contribution in [3.63, 3.8) is 0 Å². The molecular weight excluding hydrogens is 467 g/mol. The Morgan fingerprint density at radius 1 is 0.972 bits per heavy atom. The molecule has 0 spiro atoms. The fourth-order valence-electron chi connectivity index (χ4n) is 4.63. The van der Waals surface area contributed by atoms with Crippen LogP contribution in [0.1, 0.15) is 23.1 Å². The zero-order valence-electron chi connectivity index (χ0n) is 19.4. The van der Waals surface area contributed by atoms with E-state index in [0.717, 1.165) is 30.3 Å². The van der Waals surface area contributed by atoms with Crippen molar-refractivity contribution in [3.05, 3.63) is 95.9 Å². The van der Waals surface area contributed by atoms with Crippen molar-refractivity contribution in [2.75, 3.05) is 13.1 Å². The van der Waals surface area contributed by atoms with Gasteiger partial charge in [0.25, 0.3) is 0 Å². The second-order valence-corrected chi connectivity index (χ2v) is 8.91. The van der Waals surface area contributed by atoms with Gasteiger partial charge in [0.15, 0.2) is 0 Å². The number of benzene rings is 3. The molecule has 1 N–H and O–H groups in total. The lowest BCUT2D eigenvalue weighted by molar-refractivity contribution is -0.138. The fraction of sp³-hybridized carbons (Fsp3) is 0.214. The number of fused-ring (bicyclic) bond motifs is 1. The molecule has 5 rings (SSSR count). The minimum Gasteiger partial charge on any atom is -0.481 e. The van der Waals surface area contributed by atoms with Crippen molar-refractivity contribution < 1.29 is 23.1 Å². The summed E-state index contributed by atoms with van der Waals surface area (Å²) in [6, 6.07) is 18.9. The van der Waals surface area contributed by atoms with Gasteiger partial charge in [-0.25, -0.2) is 4.98 Å². The summed E-state index contributed by atoms with van der Waals surface area (Å²) in [6.45, 7) is 1.97. The standard InChI is InChI=1S/C28H24F3N3O2/c29-28(30,31)25-15-21(7-9-24(25)20-4-2-1-3-5-20)26-17-34(18-32-26)23-8-6-19-10-12-33(13-11-27(35)36)16-22(19)14-23/h1-9,14-15,17-18H,10-13,16H2,(H,35,36). The van der Waals surface area contributed by atoms with E-state index in [1.165, 1.54) is 11.6 Å². The second kappa shape index (κ2) is 9.62. The number of alkyl halides is 3. The summed E-state index contributed by atoms with van der Waals surface area (Å²) in [5.41, 5.74) is 3.96. The van der Waals surface area contributed by atoms with E-state index in [2.05, 4.69) is 16.0 Å². The Bertz CT molecular complexity index is 1400. The molecule has 2 heterocycles. The third kappa shape index (κ3) is 5.04. The number of halogens is 3. The largest absolute Gasteiger partial charge is 0.481 e. The molecule has 0 bridgehead atoms. The van der Waals surface area contributed by atoms with E-state index < -0.39 is 17.7 Å². The highest BCUT2D eigenvalue weighted by molar-refractivity contribution is 5.73. The van der Waals surface area contributed by atoms with E-state index in [1.54, 1.807) is 53.5 Å². The Kier molecular flexibility index (Phi) is 6.36. The smallest absolute Gasteiger partial charge is 0.417 e. The number of carboxylic acid groups (broad SMARTS) is 1. The van der Waals surface area contributed by atoms with Gasteiger partial charge in [-0.05, 0) is 46.9 Å². The zero-order chi connectivity index (χ0) is 25.3. The van der Waals surface area contributed by atoms with Crippen LogP contribution < -0.4 is 0 Å². The van der Waals surface area contributed by atoms with Gasteiger partial charge >= 0.3 is 12.1 Å². The van der Waals surface area contributed by atoms with Gasteiger partial charge in [0.2, 0.25) is 0 Å². The average molecular weight is 492 g/mol. The quantitative estimate of drug-likeness (QED) is 0.356. The first-order valence-corrected chi connectivity index (χ1v) is 11.7. The van der Waals surface area contributed by atoms with Crippen LogP contribution in [0.5, 0.6) is 0 Å². The number of imidazole rings is 1. The maximum absolute atomic E-state index is 13.9. The van der Waals surface area contributed by atoms with Gasteiger partial charge in [0, 0.05) is 37.1 Å². The van der Waals surface area contributed by atoms with Gasteiger partial charge in [-0.2, -0.15) is 13.2 Å². The molecule has 0 fully saturated rings. The van der Waals surface area contributed by atoms with Crippen molar-refractivity contribution in [1.82, 2.24) is 14.5 Å². The number of nitrogens with zero attached hydrogens (tertiary/aromatic N) is 3. The van der Waals surface area contributed by atoms with Gasteiger partial charge in [-0.15, -0.1) is 0 Å². The molecule has 4 aromatic rings. The Hall–Kier alpha value is -3.91. The number of hydrogen-bond donors (Lipinski definition) is 1. The molecule has 1 aliphatic rings. The third-order valence-corrected chi connectivity index (χ3v) is 6.51. The van der Waals surface area contributed by atoms with E-state index in [1.807, 2.05) is 12.1 Å². The first kappa shape index (κ1) is 23.8. The van der Waals surface area contributed by atoms with Crippen LogP contribution in [0.3, 0.4) is 0 Å². The molecular formula is C28H24F3N3O2. The number of rotatable bonds is 6. The summed E-state index contributed by atoms with van der Waals surface area (Å²) < 4.78 is 43.6. The number of carbonyl (C=O) groups is 1. The van der Waals surface area contributed by atoms with Crippen LogP contribution in [-0.4, -0.2) is 38.6 Å². The summed E-state index contributed by atoms with van der Waals surface area (Å²) in [5.74, 6) is -0.814. The van der Waals surface area contributed by atoms with Crippen LogP contribution >= 0.6 is 0 Å². The first-order chi connectivity index (χ1) is 17.3. The molecule has 0 amide bonds. The van der Waals surface area contributed by atoms with E-state index in [9.17, 15) is 18.0 Å². The summed E-state index contributed by atoms with van der Waals surface area (Å²) in [7, 11) is 0. The summed E-state index contributed by atoms with van der Waals surface area (Å²) in [4.78, 5) is 17.4. The summed E-state index contributed by atoms with van der Waals surface area (Å²) >= 11 is 0. The van der Waals surface area contributed by atoms with Crippen molar-refractivity contribution in [1.29, 1.82) is 0 Å². The van der Waals surface area contributed by atoms with Gasteiger partial charge < -0.3 is 9.67 Å². The van der Waals surface area contributed by atoms with E-state index in [0.29, 0.717) is 29.9 Å². The van der Waals surface area contributed by atoms with Crippen molar-refractivity contribution in [2.45, 2.75) is 25.6 Å². The van der Waals surface area contributed by atoms with Gasteiger partial charge in [-0.1, -0.05) is 48.5 Å². The van der Waals surface area contributed by atoms with Crippen LogP contribution in [0.2, 0.25) is 0 Å².